The maximum absolute atomic E-state index is 13.1. The molecule has 0 aromatic heterocycles. The lowest BCUT2D eigenvalue weighted by molar-refractivity contribution is 0.0733. The van der Waals surface area contributed by atoms with E-state index in [2.05, 4.69) is 0 Å². The van der Waals surface area contributed by atoms with Crippen LogP contribution in [0.3, 0.4) is 0 Å². The third kappa shape index (κ3) is 3.67. The Labute approximate surface area is 172 Å². The van der Waals surface area contributed by atoms with Crippen molar-refractivity contribution < 1.29 is 28.2 Å². The molecule has 0 saturated carbocycles. The van der Waals surface area contributed by atoms with Crippen LogP contribution < -0.4 is 14.2 Å². The molecule has 0 atom stereocenters. The third-order valence-electron chi connectivity index (χ3n) is 4.71. The Kier molecular flexibility index (Phi) is 5.06. The number of Topliss-reactive ketones (excluding diaryl/α,β-unsaturated/α-hetero) is 1. The summed E-state index contributed by atoms with van der Waals surface area (Å²) in [5, 5.41) is 0. The van der Waals surface area contributed by atoms with E-state index in [0.717, 1.165) is 5.56 Å². The number of hydrogen-bond donors (Lipinski definition) is 0. The smallest absolute Gasteiger partial charge is 0.343 e. The topological polar surface area (TPSA) is 61.8 Å². The summed E-state index contributed by atoms with van der Waals surface area (Å²) in [7, 11) is 1.57. The van der Waals surface area contributed by atoms with Gasteiger partial charge in [-0.1, -0.05) is 12.1 Å². The van der Waals surface area contributed by atoms with Crippen molar-refractivity contribution in [3.8, 4) is 17.2 Å². The Hall–Kier alpha value is -3.93. The number of fused-ring (bicyclic) bond motifs is 1. The normalized spacial score (nSPS) is 13.7. The average molecular weight is 404 g/mol. The van der Waals surface area contributed by atoms with Gasteiger partial charge in [-0.05, 0) is 67.1 Å². The van der Waals surface area contributed by atoms with E-state index in [0.29, 0.717) is 22.6 Å². The lowest BCUT2D eigenvalue weighted by Crippen LogP contribution is -2.09. The molecule has 5 nitrogen and oxygen atoms in total. The van der Waals surface area contributed by atoms with Gasteiger partial charge in [0.15, 0.2) is 5.76 Å². The number of carbonyl (C=O) groups is 2. The van der Waals surface area contributed by atoms with E-state index in [1.54, 1.807) is 44.4 Å². The van der Waals surface area contributed by atoms with Gasteiger partial charge in [-0.3, -0.25) is 4.79 Å². The van der Waals surface area contributed by atoms with Crippen LogP contribution >= 0.6 is 0 Å². The monoisotopic (exact) mass is 404 g/mol. The Bertz CT molecular complexity index is 1180. The molecule has 0 radical (unpaired) electrons. The summed E-state index contributed by atoms with van der Waals surface area (Å²) in [4.78, 5) is 25.1. The van der Waals surface area contributed by atoms with E-state index >= 15 is 0 Å². The number of methoxy groups -OCH3 is 1. The Morgan fingerprint density at radius 2 is 1.83 bits per heavy atom. The maximum atomic E-state index is 13.1. The van der Waals surface area contributed by atoms with Crippen molar-refractivity contribution >= 4 is 17.8 Å². The SMILES string of the molecule is COc1cccc(/C=C2\Oc3c(ccc(OC(=O)c4ccc(F)cc4)c3C)C2=O)c1. The lowest BCUT2D eigenvalue weighted by atomic mass is 10.1. The summed E-state index contributed by atoms with van der Waals surface area (Å²) in [5.41, 5.74) is 1.88. The first-order chi connectivity index (χ1) is 14.5. The van der Waals surface area contributed by atoms with Gasteiger partial charge in [-0.25, -0.2) is 9.18 Å². The number of ketones is 1. The van der Waals surface area contributed by atoms with Crippen molar-refractivity contribution in [1.29, 1.82) is 0 Å². The number of esters is 1. The van der Waals surface area contributed by atoms with Crippen molar-refractivity contribution in [2.24, 2.45) is 0 Å². The fraction of sp³-hybridized carbons (Fsp3) is 0.0833. The lowest BCUT2D eigenvalue weighted by Gasteiger charge is -2.10. The molecule has 0 N–H and O–H groups in total. The van der Waals surface area contributed by atoms with Gasteiger partial charge in [-0.15, -0.1) is 0 Å². The van der Waals surface area contributed by atoms with Crippen LogP contribution in [0.25, 0.3) is 6.08 Å². The molecule has 0 unspecified atom stereocenters. The van der Waals surface area contributed by atoms with Crippen LogP contribution in [0, 0.1) is 12.7 Å². The van der Waals surface area contributed by atoms with Gasteiger partial charge in [0.25, 0.3) is 0 Å². The molecule has 0 spiro atoms. The molecule has 3 aromatic rings. The van der Waals surface area contributed by atoms with Crippen LogP contribution in [0.1, 0.15) is 31.8 Å². The molecule has 1 aliphatic heterocycles. The van der Waals surface area contributed by atoms with E-state index < -0.39 is 11.8 Å². The largest absolute Gasteiger partial charge is 0.497 e. The van der Waals surface area contributed by atoms with Gasteiger partial charge < -0.3 is 14.2 Å². The van der Waals surface area contributed by atoms with Crippen LogP contribution in [0.15, 0.2) is 66.4 Å². The summed E-state index contributed by atoms with van der Waals surface area (Å²) in [6, 6.07) is 15.4. The molecule has 4 rings (SSSR count). The number of hydrogen-bond acceptors (Lipinski definition) is 5. The second-order valence-corrected chi connectivity index (χ2v) is 6.68. The van der Waals surface area contributed by atoms with E-state index in [4.69, 9.17) is 14.2 Å². The van der Waals surface area contributed by atoms with Crippen molar-refractivity contribution in [1.82, 2.24) is 0 Å². The van der Waals surface area contributed by atoms with Gasteiger partial charge in [-0.2, -0.15) is 0 Å². The van der Waals surface area contributed by atoms with Gasteiger partial charge in [0.05, 0.1) is 18.2 Å². The molecule has 0 bridgehead atoms. The van der Waals surface area contributed by atoms with Crippen molar-refractivity contribution in [3.63, 3.8) is 0 Å². The minimum absolute atomic E-state index is 0.170. The molecule has 6 heteroatoms. The second-order valence-electron chi connectivity index (χ2n) is 6.68. The van der Waals surface area contributed by atoms with Crippen LogP contribution in [-0.2, 0) is 0 Å². The number of allylic oxidation sites excluding steroid dienone is 1. The van der Waals surface area contributed by atoms with Gasteiger partial charge in [0.1, 0.15) is 23.1 Å². The zero-order chi connectivity index (χ0) is 21.3. The summed E-state index contributed by atoms with van der Waals surface area (Å²) < 4.78 is 29.5. The molecule has 0 saturated heterocycles. The molecule has 150 valence electrons. The van der Waals surface area contributed by atoms with Crippen molar-refractivity contribution in [2.45, 2.75) is 6.92 Å². The van der Waals surface area contributed by atoms with Crippen LogP contribution in [-0.4, -0.2) is 18.9 Å². The molecule has 0 fully saturated rings. The van der Waals surface area contributed by atoms with Gasteiger partial charge >= 0.3 is 5.97 Å². The van der Waals surface area contributed by atoms with Crippen molar-refractivity contribution in [3.05, 3.63) is 94.5 Å². The van der Waals surface area contributed by atoms with Crippen LogP contribution in [0.4, 0.5) is 4.39 Å². The first-order valence-corrected chi connectivity index (χ1v) is 9.16. The number of halogens is 1. The summed E-state index contributed by atoms with van der Waals surface area (Å²) in [5.74, 6) is 0.114. The Balaban J connectivity index is 1.60. The van der Waals surface area contributed by atoms with E-state index in [9.17, 15) is 14.0 Å². The number of benzene rings is 3. The van der Waals surface area contributed by atoms with Crippen LogP contribution in [0.2, 0.25) is 0 Å². The first-order valence-electron chi connectivity index (χ1n) is 9.16. The number of ether oxygens (including phenoxy) is 3. The molecule has 1 aliphatic rings. The molecular weight excluding hydrogens is 387 g/mol. The molecule has 3 aromatic carbocycles. The maximum Gasteiger partial charge on any atom is 0.343 e. The third-order valence-corrected chi connectivity index (χ3v) is 4.71. The molecular formula is C24H17FO5. The van der Waals surface area contributed by atoms with E-state index in [-0.39, 0.29) is 22.9 Å². The quantitative estimate of drug-likeness (QED) is 0.349. The standard InChI is InChI=1S/C24H17FO5/c1-14-20(30-24(27)16-6-8-17(25)9-7-16)11-10-19-22(26)21(29-23(14)19)13-15-4-3-5-18(12-15)28-2/h3-13H,1-2H3/b21-13-. The zero-order valence-corrected chi connectivity index (χ0v) is 16.3. The molecule has 30 heavy (non-hydrogen) atoms. The summed E-state index contributed by atoms with van der Waals surface area (Å²) >= 11 is 0. The Morgan fingerprint density at radius 3 is 2.57 bits per heavy atom. The highest BCUT2D eigenvalue weighted by atomic mass is 19.1. The summed E-state index contributed by atoms with van der Waals surface area (Å²) in [6.07, 6.45) is 1.63. The predicted molar refractivity (Wildman–Crippen MR) is 108 cm³/mol. The van der Waals surface area contributed by atoms with Gasteiger partial charge in [0, 0.05) is 5.56 Å². The van der Waals surface area contributed by atoms with E-state index in [1.807, 2.05) is 12.1 Å². The minimum atomic E-state index is -0.630. The Morgan fingerprint density at radius 1 is 1.07 bits per heavy atom. The first kappa shape index (κ1) is 19.4. The highest BCUT2D eigenvalue weighted by molar-refractivity contribution is 6.15. The van der Waals surface area contributed by atoms with Crippen molar-refractivity contribution in [2.75, 3.05) is 7.11 Å². The average Bonchev–Trinajstić information content (AvgIpc) is 3.07. The fourth-order valence-electron chi connectivity index (χ4n) is 3.11. The fourth-order valence-corrected chi connectivity index (χ4v) is 3.11. The second kappa shape index (κ2) is 7.83. The number of carbonyl (C=O) groups excluding carboxylic acids is 2. The van der Waals surface area contributed by atoms with E-state index in [1.165, 1.54) is 24.3 Å². The number of rotatable bonds is 4. The predicted octanol–water partition coefficient (Wildman–Crippen LogP) is 4.98. The molecule has 0 amide bonds. The minimum Gasteiger partial charge on any atom is -0.497 e. The highest BCUT2D eigenvalue weighted by Crippen LogP contribution is 2.39. The molecule has 0 aliphatic carbocycles. The van der Waals surface area contributed by atoms with Crippen LogP contribution in [0.5, 0.6) is 17.2 Å². The highest BCUT2D eigenvalue weighted by Gasteiger charge is 2.30. The van der Waals surface area contributed by atoms with Gasteiger partial charge in [0.2, 0.25) is 5.78 Å². The summed E-state index contributed by atoms with van der Waals surface area (Å²) in [6.45, 7) is 1.70. The zero-order valence-electron chi connectivity index (χ0n) is 16.3. The molecule has 1 heterocycles.